The Kier molecular flexibility index (Phi) is 5.78. The number of carbonyl (C=O) groups is 3. The summed E-state index contributed by atoms with van der Waals surface area (Å²) in [6.07, 6.45) is 1.07. The van der Waals surface area contributed by atoms with Gasteiger partial charge >= 0.3 is 12.0 Å². The van der Waals surface area contributed by atoms with Gasteiger partial charge in [-0.05, 0) is 18.4 Å². The number of urea groups is 1. The molecule has 7 nitrogen and oxygen atoms in total. The van der Waals surface area contributed by atoms with E-state index in [1.165, 1.54) is 4.90 Å². The molecule has 0 aromatic heterocycles. The van der Waals surface area contributed by atoms with Gasteiger partial charge in [-0.25, -0.2) is 9.59 Å². The summed E-state index contributed by atoms with van der Waals surface area (Å²) in [5.41, 5.74) is 0.540. The smallest absolute Gasteiger partial charge is 0.330 e. The number of hydrogen-bond donors (Lipinski definition) is 2. The zero-order valence-electron chi connectivity index (χ0n) is 13.9. The zero-order valence-corrected chi connectivity index (χ0v) is 13.9. The molecular formula is C17H23N3O4. The summed E-state index contributed by atoms with van der Waals surface area (Å²) in [6, 6.07) is 7.50. The largest absolute Gasteiger partial charge is 0.479 e. The molecule has 24 heavy (non-hydrogen) atoms. The number of nitrogens with zero attached hydrogens (tertiary/aromatic N) is 2. The second kappa shape index (κ2) is 7.81. The molecule has 1 atom stereocenters. The molecule has 1 aliphatic rings. The summed E-state index contributed by atoms with van der Waals surface area (Å²) < 4.78 is 0. The number of nitrogens with one attached hydrogen (secondary N) is 1. The Morgan fingerprint density at radius 2 is 1.75 bits per heavy atom. The number of rotatable bonds is 4. The molecule has 1 unspecified atom stereocenters. The van der Waals surface area contributed by atoms with Crippen LogP contribution >= 0.6 is 0 Å². The van der Waals surface area contributed by atoms with Gasteiger partial charge in [0.05, 0.1) is 0 Å². The number of carboxylic acids is 1. The molecule has 2 N–H and O–H groups in total. The molecule has 2 rings (SSSR count). The highest BCUT2D eigenvalue weighted by molar-refractivity contribution is 5.86. The number of hydrogen-bond acceptors (Lipinski definition) is 3. The van der Waals surface area contributed by atoms with Crippen LogP contribution in [-0.4, -0.2) is 60.0 Å². The lowest BCUT2D eigenvalue weighted by atomic mass is 9.95. The van der Waals surface area contributed by atoms with E-state index in [2.05, 4.69) is 5.32 Å². The molecule has 0 bridgehead atoms. The molecule has 7 heteroatoms. The lowest BCUT2D eigenvalue weighted by Gasteiger charge is -2.33. The minimum atomic E-state index is -1.09. The highest BCUT2D eigenvalue weighted by Gasteiger charge is 2.30. The molecule has 1 fully saturated rings. The summed E-state index contributed by atoms with van der Waals surface area (Å²) in [7, 11) is 3.39. The van der Waals surface area contributed by atoms with Gasteiger partial charge in [0, 0.05) is 33.1 Å². The first-order chi connectivity index (χ1) is 11.4. The second-order valence-electron chi connectivity index (χ2n) is 6.13. The van der Waals surface area contributed by atoms with Crippen molar-refractivity contribution in [1.82, 2.24) is 15.1 Å². The van der Waals surface area contributed by atoms with Gasteiger partial charge in [0.25, 0.3) is 0 Å². The van der Waals surface area contributed by atoms with Gasteiger partial charge in [-0.3, -0.25) is 4.79 Å². The molecule has 0 spiro atoms. The first-order valence-corrected chi connectivity index (χ1v) is 7.94. The first kappa shape index (κ1) is 17.8. The van der Waals surface area contributed by atoms with Crippen LogP contribution < -0.4 is 5.32 Å². The molecule has 130 valence electrons. The lowest BCUT2D eigenvalue weighted by molar-refractivity contribution is -0.143. The van der Waals surface area contributed by atoms with E-state index in [-0.39, 0.29) is 17.9 Å². The highest BCUT2D eigenvalue weighted by Crippen LogP contribution is 2.20. The van der Waals surface area contributed by atoms with Crippen molar-refractivity contribution in [2.75, 3.05) is 27.2 Å². The SMILES string of the molecule is CN(C)C(=O)N1CCC(C(=O)NC(C(=O)O)c2ccccc2)CC1. The molecule has 1 aromatic carbocycles. The Balaban J connectivity index is 1.95. The van der Waals surface area contributed by atoms with Gasteiger partial charge in [0.1, 0.15) is 0 Å². The number of benzene rings is 1. The minimum Gasteiger partial charge on any atom is -0.479 e. The molecule has 0 saturated carbocycles. The molecule has 3 amide bonds. The van der Waals surface area contributed by atoms with Gasteiger partial charge in [0.2, 0.25) is 5.91 Å². The summed E-state index contributed by atoms with van der Waals surface area (Å²) in [5.74, 6) is -1.64. The van der Waals surface area contributed by atoms with Crippen LogP contribution in [0.3, 0.4) is 0 Å². The van der Waals surface area contributed by atoms with Crippen molar-refractivity contribution in [3.8, 4) is 0 Å². The Morgan fingerprint density at radius 1 is 1.17 bits per heavy atom. The lowest BCUT2D eigenvalue weighted by Crippen LogP contribution is -2.47. The summed E-state index contributed by atoms with van der Waals surface area (Å²) >= 11 is 0. The molecular weight excluding hydrogens is 310 g/mol. The first-order valence-electron chi connectivity index (χ1n) is 7.94. The van der Waals surface area contributed by atoms with E-state index in [4.69, 9.17) is 0 Å². The highest BCUT2D eigenvalue weighted by atomic mass is 16.4. The minimum absolute atomic E-state index is 0.0680. The van der Waals surface area contributed by atoms with Crippen LogP contribution in [0, 0.1) is 5.92 Å². The summed E-state index contributed by atoms with van der Waals surface area (Å²) in [6.45, 7) is 0.996. The van der Waals surface area contributed by atoms with Crippen molar-refractivity contribution >= 4 is 17.9 Å². The third kappa shape index (κ3) is 4.24. The number of carboxylic acid groups (broad SMARTS) is 1. The molecule has 0 radical (unpaired) electrons. The summed E-state index contributed by atoms with van der Waals surface area (Å²) in [4.78, 5) is 39.0. The van der Waals surface area contributed by atoms with E-state index < -0.39 is 12.0 Å². The fourth-order valence-corrected chi connectivity index (χ4v) is 2.81. The summed E-state index contributed by atoms with van der Waals surface area (Å²) in [5, 5.41) is 12.0. The van der Waals surface area contributed by atoms with E-state index >= 15 is 0 Å². The maximum absolute atomic E-state index is 12.4. The Labute approximate surface area is 141 Å². The van der Waals surface area contributed by atoms with Crippen LogP contribution in [0.5, 0.6) is 0 Å². The van der Waals surface area contributed by atoms with Crippen molar-refractivity contribution < 1.29 is 19.5 Å². The number of amides is 3. The van der Waals surface area contributed by atoms with E-state index in [0.29, 0.717) is 31.5 Å². The topological polar surface area (TPSA) is 90.0 Å². The quantitative estimate of drug-likeness (QED) is 0.869. The molecule has 1 heterocycles. The van der Waals surface area contributed by atoms with Gasteiger partial charge in [0.15, 0.2) is 6.04 Å². The van der Waals surface area contributed by atoms with Gasteiger partial charge in [-0.1, -0.05) is 30.3 Å². The van der Waals surface area contributed by atoms with Crippen LogP contribution in [0.1, 0.15) is 24.4 Å². The van der Waals surface area contributed by atoms with E-state index in [9.17, 15) is 19.5 Å². The van der Waals surface area contributed by atoms with Crippen LogP contribution in [0.15, 0.2) is 30.3 Å². The van der Waals surface area contributed by atoms with Gasteiger partial charge < -0.3 is 20.2 Å². The fraction of sp³-hybridized carbons (Fsp3) is 0.471. The van der Waals surface area contributed by atoms with Crippen molar-refractivity contribution in [2.24, 2.45) is 5.92 Å². The van der Waals surface area contributed by atoms with Crippen LogP contribution in [0.2, 0.25) is 0 Å². The molecule has 0 aliphatic carbocycles. The molecule has 1 saturated heterocycles. The van der Waals surface area contributed by atoms with Crippen molar-refractivity contribution in [3.63, 3.8) is 0 Å². The average Bonchev–Trinajstić information content (AvgIpc) is 2.59. The van der Waals surface area contributed by atoms with Crippen molar-refractivity contribution in [3.05, 3.63) is 35.9 Å². The number of aliphatic carboxylic acids is 1. The number of likely N-dealkylation sites (tertiary alicyclic amines) is 1. The predicted molar refractivity (Wildman–Crippen MR) is 88.3 cm³/mol. The number of carbonyl (C=O) groups excluding carboxylic acids is 2. The number of piperidine rings is 1. The monoisotopic (exact) mass is 333 g/mol. The second-order valence-corrected chi connectivity index (χ2v) is 6.13. The Bertz CT molecular complexity index is 595. The van der Waals surface area contributed by atoms with Gasteiger partial charge in [-0.2, -0.15) is 0 Å². The molecule has 1 aliphatic heterocycles. The maximum Gasteiger partial charge on any atom is 0.330 e. The van der Waals surface area contributed by atoms with E-state index in [0.717, 1.165) is 0 Å². The van der Waals surface area contributed by atoms with Crippen LogP contribution in [-0.2, 0) is 9.59 Å². The normalized spacial score (nSPS) is 16.3. The van der Waals surface area contributed by atoms with E-state index in [1.54, 1.807) is 49.3 Å². The average molecular weight is 333 g/mol. The maximum atomic E-state index is 12.4. The third-order valence-corrected chi connectivity index (χ3v) is 4.19. The van der Waals surface area contributed by atoms with Crippen molar-refractivity contribution in [1.29, 1.82) is 0 Å². The predicted octanol–water partition coefficient (Wildman–Crippen LogP) is 1.32. The third-order valence-electron chi connectivity index (χ3n) is 4.19. The standard InChI is InChI=1S/C17H23N3O4/c1-19(2)17(24)20-10-8-13(9-11-20)15(21)18-14(16(22)23)12-6-4-3-5-7-12/h3-7,13-14H,8-11H2,1-2H3,(H,18,21)(H,22,23). The Morgan fingerprint density at radius 3 is 2.25 bits per heavy atom. The fourth-order valence-electron chi connectivity index (χ4n) is 2.81. The van der Waals surface area contributed by atoms with Gasteiger partial charge in [-0.15, -0.1) is 0 Å². The van der Waals surface area contributed by atoms with Crippen molar-refractivity contribution in [2.45, 2.75) is 18.9 Å². The van der Waals surface area contributed by atoms with E-state index in [1.807, 2.05) is 0 Å². The zero-order chi connectivity index (χ0) is 17.7. The van der Waals surface area contributed by atoms with Crippen LogP contribution in [0.25, 0.3) is 0 Å². The van der Waals surface area contributed by atoms with Crippen LogP contribution in [0.4, 0.5) is 4.79 Å². The Hall–Kier alpha value is -2.57. The molecule has 1 aromatic rings.